The molecule has 1 aromatic heterocycles. The van der Waals surface area contributed by atoms with E-state index in [0.717, 1.165) is 60.9 Å². The summed E-state index contributed by atoms with van der Waals surface area (Å²) in [5.74, 6) is 0.726. The van der Waals surface area contributed by atoms with Crippen LogP contribution in [0.3, 0.4) is 0 Å². The average molecular weight is 350 g/mol. The van der Waals surface area contributed by atoms with Crippen LogP contribution >= 0.6 is 22.9 Å². The molecule has 0 amide bonds. The van der Waals surface area contributed by atoms with Gasteiger partial charge in [-0.25, -0.2) is 4.98 Å². The van der Waals surface area contributed by atoms with Crippen LogP contribution in [0.1, 0.15) is 29.5 Å². The topological polar surface area (TPSA) is 37.4 Å². The lowest BCUT2D eigenvalue weighted by Crippen LogP contribution is -2.36. The molecule has 0 spiro atoms. The number of hydrogen-bond donors (Lipinski definition) is 1. The van der Waals surface area contributed by atoms with Crippen molar-refractivity contribution in [3.8, 4) is 0 Å². The minimum Gasteiger partial charge on any atom is -0.378 e. The summed E-state index contributed by atoms with van der Waals surface area (Å²) in [6.45, 7) is 3.99. The predicted octanol–water partition coefficient (Wildman–Crippen LogP) is 4.12. The minimum absolute atomic E-state index is 0.726. The number of ether oxygens (including phenoxy) is 1. The molecule has 2 fully saturated rings. The van der Waals surface area contributed by atoms with E-state index in [2.05, 4.69) is 21.7 Å². The van der Waals surface area contributed by atoms with Crippen LogP contribution in [0.5, 0.6) is 0 Å². The fourth-order valence-electron chi connectivity index (χ4n) is 2.87. The van der Waals surface area contributed by atoms with E-state index in [1.54, 1.807) is 11.3 Å². The van der Waals surface area contributed by atoms with Crippen LogP contribution in [-0.4, -0.2) is 31.3 Å². The van der Waals surface area contributed by atoms with E-state index in [9.17, 15) is 0 Å². The number of nitrogens with zero attached hydrogens (tertiary/aromatic N) is 2. The fourth-order valence-corrected chi connectivity index (χ4v) is 4.16. The highest BCUT2D eigenvalue weighted by molar-refractivity contribution is 7.09. The third kappa shape index (κ3) is 3.47. The first-order valence-corrected chi connectivity index (χ1v) is 9.36. The van der Waals surface area contributed by atoms with Gasteiger partial charge in [0.15, 0.2) is 0 Å². The molecule has 1 aliphatic heterocycles. The number of hydrogen-bond acceptors (Lipinski definition) is 5. The van der Waals surface area contributed by atoms with Crippen LogP contribution in [0, 0.1) is 0 Å². The lowest BCUT2D eigenvalue weighted by atomic mass is 10.2. The van der Waals surface area contributed by atoms with Crippen molar-refractivity contribution in [2.24, 2.45) is 0 Å². The van der Waals surface area contributed by atoms with Crippen LogP contribution in [-0.2, 0) is 11.3 Å². The highest BCUT2D eigenvalue weighted by atomic mass is 35.5. The van der Waals surface area contributed by atoms with Gasteiger partial charge in [-0.1, -0.05) is 17.7 Å². The molecule has 2 heterocycles. The molecule has 2 aromatic rings. The molecule has 6 heteroatoms. The number of aromatic nitrogens is 1. The van der Waals surface area contributed by atoms with Crippen molar-refractivity contribution < 1.29 is 4.74 Å². The predicted molar refractivity (Wildman–Crippen MR) is 95.9 cm³/mol. The number of para-hydroxylation sites is 1. The summed E-state index contributed by atoms with van der Waals surface area (Å²) in [4.78, 5) is 7.04. The molecule has 122 valence electrons. The average Bonchev–Trinajstić information content (AvgIpc) is 3.32. The van der Waals surface area contributed by atoms with Crippen molar-refractivity contribution in [2.75, 3.05) is 36.5 Å². The molecule has 1 aliphatic carbocycles. The molecule has 0 unspecified atom stereocenters. The van der Waals surface area contributed by atoms with E-state index in [0.29, 0.717) is 0 Å². The second kappa shape index (κ2) is 6.67. The van der Waals surface area contributed by atoms with Crippen molar-refractivity contribution in [2.45, 2.75) is 25.3 Å². The lowest BCUT2D eigenvalue weighted by Gasteiger charge is -2.31. The quantitative estimate of drug-likeness (QED) is 0.881. The lowest BCUT2D eigenvalue weighted by molar-refractivity contribution is 0.123. The molecular weight excluding hydrogens is 330 g/mol. The number of halogens is 1. The SMILES string of the molecule is Clc1cccc(NCc2csc(C3CC3)n2)c1N1CCOCC1. The third-order valence-electron chi connectivity index (χ3n) is 4.27. The van der Waals surface area contributed by atoms with Gasteiger partial charge in [0.25, 0.3) is 0 Å². The molecule has 1 N–H and O–H groups in total. The maximum absolute atomic E-state index is 6.46. The summed E-state index contributed by atoms with van der Waals surface area (Å²) < 4.78 is 5.45. The highest BCUT2D eigenvalue weighted by Crippen LogP contribution is 2.41. The van der Waals surface area contributed by atoms with E-state index >= 15 is 0 Å². The zero-order valence-corrected chi connectivity index (χ0v) is 14.5. The fraction of sp³-hybridized carbons (Fsp3) is 0.471. The smallest absolute Gasteiger partial charge is 0.0960 e. The Labute approximate surface area is 145 Å². The summed E-state index contributed by atoms with van der Waals surface area (Å²) in [7, 11) is 0. The van der Waals surface area contributed by atoms with Crippen LogP contribution in [0.15, 0.2) is 23.6 Å². The largest absolute Gasteiger partial charge is 0.378 e. The maximum atomic E-state index is 6.46. The zero-order valence-electron chi connectivity index (χ0n) is 12.9. The molecular formula is C17H20ClN3OS. The van der Waals surface area contributed by atoms with Gasteiger partial charge < -0.3 is 15.0 Å². The van der Waals surface area contributed by atoms with Gasteiger partial charge in [0.1, 0.15) is 0 Å². The molecule has 0 radical (unpaired) electrons. The normalized spacial score (nSPS) is 18.2. The van der Waals surface area contributed by atoms with Gasteiger partial charge in [0.05, 0.1) is 46.9 Å². The Morgan fingerprint density at radius 2 is 2.13 bits per heavy atom. The standard InChI is InChI=1S/C17H20ClN3OS/c18-14-2-1-3-15(16(14)21-6-8-22-9-7-21)19-10-13-11-23-17(20-13)12-4-5-12/h1-3,11-12,19H,4-10H2. The molecule has 1 saturated carbocycles. The zero-order chi connectivity index (χ0) is 15.6. The Balaban J connectivity index is 1.49. The van der Waals surface area contributed by atoms with Crippen LogP contribution in [0.2, 0.25) is 5.02 Å². The van der Waals surface area contributed by atoms with Crippen molar-refractivity contribution in [1.29, 1.82) is 0 Å². The van der Waals surface area contributed by atoms with E-state index in [1.807, 2.05) is 12.1 Å². The van der Waals surface area contributed by atoms with Gasteiger partial charge >= 0.3 is 0 Å². The van der Waals surface area contributed by atoms with Crippen LogP contribution in [0.4, 0.5) is 11.4 Å². The van der Waals surface area contributed by atoms with E-state index < -0.39 is 0 Å². The summed E-state index contributed by atoms with van der Waals surface area (Å²) >= 11 is 8.25. The Hall–Kier alpha value is -1.30. The monoisotopic (exact) mass is 349 g/mol. The van der Waals surface area contributed by atoms with Crippen LogP contribution < -0.4 is 10.2 Å². The molecule has 23 heavy (non-hydrogen) atoms. The van der Waals surface area contributed by atoms with Gasteiger partial charge in [-0.2, -0.15) is 0 Å². The Morgan fingerprint density at radius 3 is 2.91 bits per heavy atom. The van der Waals surface area contributed by atoms with Crippen molar-refractivity contribution in [3.05, 3.63) is 39.3 Å². The number of morpholine rings is 1. The second-order valence-corrected chi connectivity index (χ2v) is 7.34. The maximum Gasteiger partial charge on any atom is 0.0960 e. The Morgan fingerprint density at radius 1 is 1.30 bits per heavy atom. The summed E-state index contributed by atoms with van der Waals surface area (Å²) in [5, 5.41) is 7.76. The molecule has 4 nitrogen and oxygen atoms in total. The number of anilines is 2. The summed E-state index contributed by atoms with van der Waals surface area (Å²) in [5.41, 5.74) is 3.26. The van der Waals surface area contributed by atoms with E-state index in [1.165, 1.54) is 17.8 Å². The number of nitrogens with one attached hydrogen (secondary N) is 1. The van der Waals surface area contributed by atoms with Crippen molar-refractivity contribution >= 4 is 34.3 Å². The highest BCUT2D eigenvalue weighted by Gasteiger charge is 2.26. The number of benzene rings is 1. The first kappa shape index (κ1) is 15.2. The Bertz CT molecular complexity index is 680. The molecule has 1 saturated heterocycles. The molecule has 1 aromatic carbocycles. The van der Waals surface area contributed by atoms with Crippen LogP contribution in [0.25, 0.3) is 0 Å². The molecule has 0 bridgehead atoms. The van der Waals surface area contributed by atoms with E-state index in [4.69, 9.17) is 21.3 Å². The second-order valence-electron chi connectivity index (χ2n) is 6.04. The van der Waals surface area contributed by atoms with Gasteiger partial charge in [0, 0.05) is 24.4 Å². The van der Waals surface area contributed by atoms with Gasteiger partial charge in [-0.15, -0.1) is 11.3 Å². The molecule has 2 aliphatic rings. The number of rotatable bonds is 5. The number of thiazole rings is 1. The van der Waals surface area contributed by atoms with Gasteiger partial charge in [-0.3, -0.25) is 0 Å². The molecule has 0 atom stereocenters. The minimum atomic E-state index is 0.726. The van der Waals surface area contributed by atoms with Crippen molar-refractivity contribution in [3.63, 3.8) is 0 Å². The van der Waals surface area contributed by atoms with E-state index in [-0.39, 0.29) is 0 Å². The summed E-state index contributed by atoms with van der Waals surface area (Å²) in [6, 6.07) is 6.03. The van der Waals surface area contributed by atoms with Crippen molar-refractivity contribution in [1.82, 2.24) is 4.98 Å². The summed E-state index contributed by atoms with van der Waals surface area (Å²) in [6.07, 6.45) is 2.60. The third-order valence-corrected chi connectivity index (χ3v) is 5.63. The molecule has 4 rings (SSSR count). The Kier molecular flexibility index (Phi) is 4.42. The first-order valence-electron chi connectivity index (χ1n) is 8.10. The van der Waals surface area contributed by atoms with Gasteiger partial charge in [0.2, 0.25) is 0 Å². The van der Waals surface area contributed by atoms with Gasteiger partial charge in [-0.05, 0) is 25.0 Å². The first-order chi connectivity index (χ1) is 11.3.